The number of aromatic nitrogens is 2. The van der Waals surface area contributed by atoms with Crippen molar-refractivity contribution in [1.29, 1.82) is 0 Å². The van der Waals surface area contributed by atoms with Crippen molar-refractivity contribution in [2.24, 2.45) is 12.8 Å². The molecule has 0 atom stereocenters. The highest BCUT2D eigenvalue weighted by Crippen LogP contribution is 2.14. The van der Waals surface area contributed by atoms with Crippen LogP contribution in [0.3, 0.4) is 0 Å². The van der Waals surface area contributed by atoms with Gasteiger partial charge in [0.25, 0.3) is 0 Å². The molecule has 1 heterocycles. The zero-order chi connectivity index (χ0) is 10.7. The first kappa shape index (κ1) is 9.73. The molecule has 0 saturated heterocycles. The minimum absolute atomic E-state index is 0.572. The van der Waals surface area contributed by atoms with Crippen LogP contribution in [-0.4, -0.2) is 9.55 Å². The lowest BCUT2D eigenvalue weighted by atomic mass is 10.2. The Morgan fingerprint density at radius 2 is 2.07 bits per heavy atom. The second-order valence-corrected chi connectivity index (χ2v) is 3.39. The van der Waals surface area contributed by atoms with E-state index in [0.717, 1.165) is 17.2 Å². The predicted octanol–water partition coefficient (Wildman–Crippen LogP) is 1.62. The molecule has 2 aromatic rings. The van der Waals surface area contributed by atoms with Crippen molar-refractivity contribution >= 4 is 11.6 Å². The van der Waals surface area contributed by atoms with Gasteiger partial charge in [0.15, 0.2) is 0 Å². The van der Waals surface area contributed by atoms with E-state index in [2.05, 4.69) is 10.3 Å². The summed E-state index contributed by atoms with van der Waals surface area (Å²) < 4.78 is 1.93. The number of nitrogens with two attached hydrogens (primary N) is 1. The quantitative estimate of drug-likeness (QED) is 0.795. The van der Waals surface area contributed by atoms with Gasteiger partial charge >= 0.3 is 0 Å². The van der Waals surface area contributed by atoms with Gasteiger partial charge < -0.3 is 15.6 Å². The van der Waals surface area contributed by atoms with Crippen molar-refractivity contribution in [3.8, 4) is 0 Å². The molecule has 78 valence electrons. The van der Waals surface area contributed by atoms with Crippen LogP contribution in [0.2, 0.25) is 0 Å². The lowest BCUT2D eigenvalue weighted by Gasteiger charge is -2.06. The summed E-state index contributed by atoms with van der Waals surface area (Å²) in [6.07, 6.45) is 3.66. The van der Waals surface area contributed by atoms with Gasteiger partial charge in [0, 0.05) is 31.7 Å². The molecular weight excluding hydrogens is 188 g/mol. The van der Waals surface area contributed by atoms with Gasteiger partial charge in [-0.2, -0.15) is 0 Å². The fourth-order valence-electron chi connectivity index (χ4n) is 1.34. The summed E-state index contributed by atoms with van der Waals surface area (Å²) in [5.41, 5.74) is 7.66. The topological polar surface area (TPSA) is 55.9 Å². The van der Waals surface area contributed by atoms with Crippen LogP contribution in [0.25, 0.3) is 0 Å². The third kappa shape index (κ3) is 2.16. The summed E-state index contributed by atoms with van der Waals surface area (Å²) in [6, 6.07) is 8.00. The molecule has 0 fully saturated rings. The molecule has 0 saturated carbocycles. The fraction of sp³-hybridized carbons (Fsp3) is 0.182. The molecule has 0 bridgehead atoms. The van der Waals surface area contributed by atoms with Crippen molar-refractivity contribution in [2.45, 2.75) is 6.54 Å². The van der Waals surface area contributed by atoms with Crippen LogP contribution in [0.4, 0.5) is 11.6 Å². The summed E-state index contributed by atoms with van der Waals surface area (Å²) in [5, 5.41) is 3.21. The van der Waals surface area contributed by atoms with Gasteiger partial charge in [-0.1, -0.05) is 12.1 Å². The molecule has 2 rings (SSSR count). The SMILES string of the molecule is Cn1ccnc1Nc1ccc(CN)cc1. The first-order chi connectivity index (χ1) is 7.29. The Labute approximate surface area is 88.7 Å². The zero-order valence-electron chi connectivity index (χ0n) is 8.64. The smallest absolute Gasteiger partial charge is 0.207 e. The molecule has 0 aliphatic heterocycles. The highest BCUT2D eigenvalue weighted by atomic mass is 15.2. The van der Waals surface area contributed by atoms with Crippen LogP contribution < -0.4 is 11.1 Å². The molecular formula is C11H14N4. The first-order valence-electron chi connectivity index (χ1n) is 4.83. The summed E-state index contributed by atoms with van der Waals surface area (Å²) in [6.45, 7) is 0.572. The average Bonchev–Trinajstić information content (AvgIpc) is 2.66. The van der Waals surface area contributed by atoms with Crippen LogP contribution in [-0.2, 0) is 13.6 Å². The Morgan fingerprint density at radius 1 is 1.33 bits per heavy atom. The van der Waals surface area contributed by atoms with E-state index in [1.165, 1.54) is 0 Å². The maximum Gasteiger partial charge on any atom is 0.207 e. The molecule has 0 aliphatic rings. The lowest BCUT2D eigenvalue weighted by molar-refractivity contribution is 0.924. The number of imidazole rings is 1. The number of hydrogen-bond acceptors (Lipinski definition) is 3. The van der Waals surface area contributed by atoms with E-state index >= 15 is 0 Å². The molecule has 15 heavy (non-hydrogen) atoms. The van der Waals surface area contributed by atoms with Crippen molar-refractivity contribution in [3.63, 3.8) is 0 Å². The van der Waals surface area contributed by atoms with Gasteiger partial charge in [-0.15, -0.1) is 0 Å². The summed E-state index contributed by atoms with van der Waals surface area (Å²) in [4.78, 5) is 4.18. The van der Waals surface area contributed by atoms with E-state index in [1.807, 2.05) is 42.1 Å². The maximum absolute atomic E-state index is 5.52. The standard InChI is InChI=1S/C11H14N4/c1-15-7-6-13-11(15)14-10-4-2-9(8-12)3-5-10/h2-7H,8,12H2,1H3,(H,13,14). The molecule has 1 aromatic heterocycles. The van der Waals surface area contributed by atoms with E-state index in [9.17, 15) is 0 Å². The Kier molecular flexibility index (Phi) is 2.69. The average molecular weight is 202 g/mol. The largest absolute Gasteiger partial charge is 0.326 e. The third-order valence-electron chi connectivity index (χ3n) is 2.27. The summed E-state index contributed by atoms with van der Waals surface area (Å²) in [7, 11) is 1.95. The van der Waals surface area contributed by atoms with E-state index in [-0.39, 0.29) is 0 Å². The highest BCUT2D eigenvalue weighted by Gasteiger charge is 1.98. The zero-order valence-corrected chi connectivity index (χ0v) is 8.64. The Balaban J connectivity index is 2.14. The lowest BCUT2D eigenvalue weighted by Crippen LogP contribution is -1.99. The Hall–Kier alpha value is -1.81. The van der Waals surface area contributed by atoms with Crippen molar-refractivity contribution < 1.29 is 0 Å². The monoisotopic (exact) mass is 202 g/mol. The molecule has 4 nitrogen and oxygen atoms in total. The minimum Gasteiger partial charge on any atom is -0.326 e. The number of nitrogens with zero attached hydrogens (tertiary/aromatic N) is 2. The number of aryl methyl sites for hydroxylation is 1. The number of anilines is 2. The molecule has 3 N–H and O–H groups in total. The van der Waals surface area contributed by atoms with Gasteiger partial charge in [-0.25, -0.2) is 4.98 Å². The molecule has 0 unspecified atom stereocenters. The third-order valence-corrected chi connectivity index (χ3v) is 2.27. The van der Waals surface area contributed by atoms with E-state index < -0.39 is 0 Å². The van der Waals surface area contributed by atoms with Gasteiger partial charge in [-0.05, 0) is 17.7 Å². The fourth-order valence-corrected chi connectivity index (χ4v) is 1.34. The highest BCUT2D eigenvalue weighted by molar-refractivity contribution is 5.53. The predicted molar refractivity (Wildman–Crippen MR) is 60.8 cm³/mol. The van der Waals surface area contributed by atoms with E-state index in [4.69, 9.17) is 5.73 Å². The van der Waals surface area contributed by atoms with Crippen LogP contribution in [0.5, 0.6) is 0 Å². The first-order valence-corrected chi connectivity index (χ1v) is 4.83. The molecule has 0 spiro atoms. The van der Waals surface area contributed by atoms with Gasteiger partial charge in [0.1, 0.15) is 0 Å². The summed E-state index contributed by atoms with van der Waals surface area (Å²) >= 11 is 0. The second kappa shape index (κ2) is 4.14. The van der Waals surface area contributed by atoms with Crippen LogP contribution >= 0.6 is 0 Å². The number of hydrogen-bond donors (Lipinski definition) is 2. The van der Waals surface area contributed by atoms with Crippen molar-refractivity contribution in [2.75, 3.05) is 5.32 Å². The van der Waals surface area contributed by atoms with Gasteiger partial charge in [-0.3, -0.25) is 0 Å². The second-order valence-electron chi connectivity index (χ2n) is 3.39. The molecule has 0 amide bonds. The number of nitrogens with one attached hydrogen (secondary N) is 1. The number of benzene rings is 1. The molecule has 0 aliphatic carbocycles. The normalized spacial score (nSPS) is 10.3. The maximum atomic E-state index is 5.52. The van der Waals surface area contributed by atoms with Crippen LogP contribution in [0.1, 0.15) is 5.56 Å². The Bertz CT molecular complexity index is 430. The van der Waals surface area contributed by atoms with Crippen molar-refractivity contribution in [1.82, 2.24) is 9.55 Å². The molecule has 0 radical (unpaired) electrons. The van der Waals surface area contributed by atoms with Crippen molar-refractivity contribution in [3.05, 3.63) is 42.2 Å². The van der Waals surface area contributed by atoms with Crippen LogP contribution in [0.15, 0.2) is 36.7 Å². The van der Waals surface area contributed by atoms with Gasteiger partial charge in [0.2, 0.25) is 5.95 Å². The molecule has 1 aromatic carbocycles. The van der Waals surface area contributed by atoms with Gasteiger partial charge in [0.05, 0.1) is 0 Å². The van der Waals surface area contributed by atoms with E-state index in [1.54, 1.807) is 6.20 Å². The number of rotatable bonds is 3. The minimum atomic E-state index is 0.572. The molecule has 4 heteroatoms. The summed E-state index contributed by atoms with van der Waals surface area (Å²) in [5.74, 6) is 0.829. The van der Waals surface area contributed by atoms with Crippen LogP contribution in [0, 0.1) is 0 Å². The van der Waals surface area contributed by atoms with E-state index in [0.29, 0.717) is 6.54 Å². The Morgan fingerprint density at radius 3 is 2.60 bits per heavy atom.